The van der Waals surface area contributed by atoms with Gasteiger partial charge in [0.2, 0.25) is 0 Å². The van der Waals surface area contributed by atoms with Crippen molar-refractivity contribution in [1.82, 2.24) is 0 Å². The number of ether oxygens (including phenoxy) is 2. The number of carbonyl (C=O) groups is 1. The van der Waals surface area contributed by atoms with Gasteiger partial charge >= 0.3 is 5.97 Å². The smallest absolute Gasteiger partial charge is 0.303 e. The number of hydrogen-bond acceptors (Lipinski definition) is 3. The first-order valence-electron chi connectivity index (χ1n) is 5.70. The van der Waals surface area contributed by atoms with E-state index in [-0.39, 0.29) is 6.42 Å². The Morgan fingerprint density at radius 1 is 1.28 bits per heavy atom. The molecule has 1 aromatic carbocycles. The lowest BCUT2D eigenvalue weighted by Crippen LogP contribution is -1.96. The zero-order valence-electron chi connectivity index (χ0n) is 10.5. The van der Waals surface area contributed by atoms with Crippen LogP contribution in [0, 0.1) is 0 Å². The minimum atomic E-state index is -0.747. The molecule has 0 heterocycles. The summed E-state index contributed by atoms with van der Waals surface area (Å²) in [6.45, 7) is 0. The van der Waals surface area contributed by atoms with E-state index < -0.39 is 5.97 Å². The SMILES string of the molecule is COc1cc(CCCCC(=O)O)cc(Br)c1OC. The lowest BCUT2D eigenvalue weighted by atomic mass is 10.1. The highest BCUT2D eigenvalue weighted by molar-refractivity contribution is 9.10. The first-order chi connectivity index (χ1) is 8.58. The second kappa shape index (κ2) is 7.26. The first-order valence-corrected chi connectivity index (χ1v) is 6.50. The molecule has 100 valence electrons. The number of carboxylic acid groups (broad SMARTS) is 1. The van der Waals surface area contributed by atoms with Gasteiger partial charge < -0.3 is 14.6 Å². The molecule has 0 saturated heterocycles. The van der Waals surface area contributed by atoms with Crippen LogP contribution in [0.25, 0.3) is 0 Å². The summed E-state index contributed by atoms with van der Waals surface area (Å²) in [5.41, 5.74) is 1.10. The highest BCUT2D eigenvalue weighted by Gasteiger charge is 2.10. The quantitative estimate of drug-likeness (QED) is 0.784. The Balaban J connectivity index is 2.67. The largest absolute Gasteiger partial charge is 0.493 e. The Morgan fingerprint density at radius 2 is 2.00 bits per heavy atom. The van der Waals surface area contributed by atoms with Gasteiger partial charge in [0, 0.05) is 6.42 Å². The standard InChI is InChI=1S/C13H17BrO4/c1-17-11-8-9(5-3-4-6-12(15)16)7-10(14)13(11)18-2/h7-8H,3-6H2,1-2H3,(H,15,16). The molecule has 4 nitrogen and oxygen atoms in total. The Labute approximate surface area is 115 Å². The Bertz CT molecular complexity index is 418. The molecule has 1 rings (SSSR count). The summed E-state index contributed by atoms with van der Waals surface area (Å²) in [5, 5.41) is 8.56. The normalized spacial score (nSPS) is 10.2. The van der Waals surface area contributed by atoms with Crippen molar-refractivity contribution in [2.24, 2.45) is 0 Å². The minimum absolute atomic E-state index is 0.217. The summed E-state index contributed by atoms with van der Waals surface area (Å²) < 4.78 is 11.3. The monoisotopic (exact) mass is 316 g/mol. The van der Waals surface area contributed by atoms with Gasteiger partial charge in [-0.3, -0.25) is 4.79 Å². The summed E-state index contributed by atoms with van der Waals surface area (Å²) in [5.74, 6) is 0.607. The van der Waals surface area contributed by atoms with Gasteiger partial charge in [0.15, 0.2) is 11.5 Å². The van der Waals surface area contributed by atoms with Gasteiger partial charge in [0.25, 0.3) is 0 Å². The molecule has 0 saturated carbocycles. The van der Waals surface area contributed by atoms with Crippen molar-refractivity contribution < 1.29 is 19.4 Å². The van der Waals surface area contributed by atoms with Crippen molar-refractivity contribution in [2.45, 2.75) is 25.7 Å². The third-order valence-corrected chi connectivity index (χ3v) is 3.19. The van der Waals surface area contributed by atoms with Crippen LogP contribution in [0.4, 0.5) is 0 Å². The van der Waals surface area contributed by atoms with E-state index in [1.165, 1.54) is 0 Å². The molecule has 0 spiro atoms. The summed E-state index contributed by atoms with van der Waals surface area (Å²) >= 11 is 3.43. The van der Waals surface area contributed by atoms with E-state index in [1.807, 2.05) is 12.1 Å². The predicted molar refractivity (Wildman–Crippen MR) is 72.4 cm³/mol. The number of carboxylic acids is 1. The molecule has 1 N–H and O–H groups in total. The molecule has 0 unspecified atom stereocenters. The molecule has 0 atom stereocenters. The molecule has 0 aromatic heterocycles. The van der Waals surface area contributed by atoms with E-state index in [1.54, 1.807) is 14.2 Å². The zero-order valence-corrected chi connectivity index (χ0v) is 12.1. The first kappa shape index (κ1) is 14.8. The van der Waals surface area contributed by atoms with Crippen molar-refractivity contribution in [1.29, 1.82) is 0 Å². The minimum Gasteiger partial charge on any atom is -0.493 e. The van der Waals surface area contributed by atoms with Crippen molar-refractivity contribution in [3.05, 3.63) is 22.2 Å². The van der Waals surface area contributed by atoms with Crippen LogP contribution in [0.3, 0.4) is 0 Å². The van der Waals surface area contributed by atoms with Gasteiger partial charge in [-0.15, -0.1) is 0 Å². The summed E-state index contributed by atoms with van der Waals surface area (Å²) in [7, 11) is 3.19. The van der Waals surface area contributed by atoms with E-state index in [0.717, 1.165) is 22.9 Å². The van der Waals surface area contributed by atoms with E-state index in [4.69, 9.17) is 14.6 Å². The van der Waals surface area contributed by atoms with Crippen LogP contribution in [0.15, 0.2) is 16.6 Å². The van der Waals surface area contributed by atoms with E-state index in [9.17, 15) is 4.79 Å². The second-order valence-electron chi connectivity index (χ2n) is 3.91. The number of methoxy groups -OCH3 is 2. The highest BCUT2D eigenvalue weighted by atomic mass is 79.9. The van der Waals surface area contributed by atoms with Crippen LogP contribution in [-0.2, 0) is 11.2 Å². The third kappa shape index (κ3) is 4.22. The number of unbranched alkanes of at least 4 members (excludes halogenated alkanes) is 1. The topological polar surface area (TPSA) is 55.8 Å². The Morgan fingerprint density at radius 3 is 2.56 bits per heavy atom. The van der Waals surface area contributed by atoms with Crippen LogP contribution in [0.2, 0.25) is 0 Å². The molecule has 18 heavy (non-hydrogen) atoms. The molecule has 0 aliphatic rings. The summed E-state index contributed by atoms with van der Waals surface area (Å²) in [6.07, 6.45) is 2.57. The number of hydrogen-bond donors (Lipinski definition) is 1. The van der Waals surface area contributed by atoms with Crippen molar-refractivity contribution >= 4 is 21.9 Å². The van der Waals surface area contributed by atoms with Crippen LogP contribution in [0.5, 0.6) is 11.5 Å². The van der Waals surface area contributed by atoms with E-state index in [2.05, 4.69) is 15.9 Å². The van der Waals surface area contributed by atoms with Crippen LogP contribution < -0.4 is 9.47 Å². The van der Waals surface area contributed by atoms with Crippen molar-refractivity contribution in [3.63, 3.8) is 0 Å². The Kier molecular flexibility index (Phi) is 5.98. The highest BCUT2D eigenvalue weighted by Crippen LogP contribution is 2.36. The molecule has 0 amide bonds. The maximum absolute atomic E-state index is 10.4. The third-order valence-electron chi connectivity index (χ3n) is 2.60. The lowest BCUT2D eigenvalue weighted by molar-refractivity contribution is -0.137. The summed E-state index contributed by atoms with van der Waals surface area (Å²) in [6, 6.07) is 3.90. The zero-order chi connectivity index (χ0) is 13.5. The lowest BCUT2D eigenvalue weighted by Gasteiger charge is -2.11. The van der Waals surface area contributed by atoms with Crippen molar-refractivity contribution in [3.8, 4) is 11.5 Å². The Hall–Kier alpha value is -1.23. The molecule has 5 heteroatoms. The molecule has 1 aromatic rings. The van der Waals surface area contributed by atoms with E-state index >= 15 is 0 Å². The van der Waals surface area contributed by atoms with Gasteiger partial charge in [-0.05, 0) is 52.9 Å². The number of rotatable bonds is 7. The average molecular weight is 317 g/mol. The fourth-order valence-electron chi connectivity index (χ4n) is 1.72. The molecule has 0 bridgehead atoms. The fourth-order valence-corrected chi connectivity index (χ4v) is 2.37. The number of aryl methyl sites for hydroxylation is 1. The second-order valence-corrected chi connectivity index (χ2v) is 4.77. The molecular weight excluding hydrogens is 300 g/mol. The van der Waals surface area contributed by atoms with Gasteiger partial charge in [0.05, 0.1) is 18.7 Å². The fraction of sp³-hybridized carbons (Fsp3) is 0.462. The predicted octanol–water partition coefficient (Wildman–Crippen LogP) is 3.26. The van der Waals surface area contributed by atoms with Gasteiger partial charge in [0.1, 0.15) is 0 Å². The van der Waals surface area contributed by atoms with Gasteiger partial charge in [-0.2, -0.15) is 0 Å². The number of benzene rings is 1. The number of aliphatic carboxylic acids is 1. The molecule has 0 radical (unpaired) electrons. The maximum atomic E-state index is 10.4. The van der Waals surface area contributed by atoms with Crippen LogP contribution in [-0.4, -0.2) is 25.3 Å². The van der Waals surface area contributed by atoms with Crippen molar-refractivity contribution in [2.75, 3.05) is 14.2 Å². The van der Waals surface area contributed by atoms with E-state index in [0.29, 0.717) is 17.9 Å². The van der Waals surface area contributed by atoms with Crippen LogP contribution in [0.1, 0.15) is 24.8 Å². The molecule has 0 aliphatic heterocycles. The molecule has 0 aliphatic carbocycles. The number of halogens is 1. The molecule has 0 fully saturated rings. The van der Waals surface area contributed by atoms with Crippen LogP contribution >= 0.6 is 15.9 Å². The average Bonchev–Trinajstić information content (AvgIpc) is 2.33. The van der Waals surface area contributed by atoms with Gasteiger partial charge in [-0.25, -0.2) is 0 Å². The molecular formula is C13H17BrO4. The summed E-state index contributed by atoms with van der Waals surface area (Å²) in [4.78, 5) is 10.4. The maximum Gasteiger partial charge on any atom is 0.303 e. The van der Waals surface area contributed by atoms with Gasteiger partial charge in [-0.1, -0.05) is 0 Å².